The number of carbonyl (C=O) groups excluding carboxylic acids is 1. The van der Waals surface area contributed by atoms with E-state index in [1.165, 1.54) is 0 Å². The Balaban J connectivity index is 2.57. The van der Waals surface area contributed by atoms with Crippen molar-refractivity contribution in [3.05, 3.63) is 28.2 Å². The van der Waals surface area contributed by atoms with Gasteiger partial charge in [0.05, 0.1) is 0 Å². The quantitative estimate of drug-likeness (QED) is 0.747. The maximum absolute atomic E-state index is 11.5. The lowest BCUT2D eigenvalue weighted by atomic mass is 10.3. The topological polar surface area (TPSA) is 53.2 Å². The van der Waals surface area contributed by atoms with Crippen molar-refractivity contribution in [2.45, 2.75) is 19.9 Å². The second-order valence-electron chi connectivity index (χ2n) is 3.87. The normalized spacial score (nSPS) is 11.6. The summed E-state index contributed by atoms with van der Waals surface area (Å²) in [5.74, 6) is -0.115. The van der Waals surface area contributed by atoms with E-state index in [0.717, 1.165) is 0 Å². The zero-order chi connectivity index (χ0) is 14.4. The monoisotopic (exact) mass is 319 g/mol. The number of anilines is 1. The minimum atomic E-state index is -0.422. The Morgan fingerprint density at radius 2 is 1.89 bits per heavy atom. The highest BCUT2D eigenvalue weighted by Gasteiger charge is 2.12. The van der Waals surface area contributed by atoms with Gasteiger partial charge in [-0.1, -0.05) is 23.2 Å². The molecule has 0 fully saturated rings. The maximum Gasteiger partial charge on any atom is 0.242 e. The molecule has 1 aromatic carbocycles. The van der Waals surface area contributed by atoms with E-state index in [-0.39, 0.29) is 5.91 Å². The van der Waals surface area contributed by atoms with Crippen molar-refractivity contribution in [3.63, 3.8) is 0 Å². The van der Waals surface area contributed by atoms with Gasteiger partial charge in [0.25, 0.3) is 0 Å². The van der Waals surface area contributed by atoms with E-state index in [1.807, 2.05) is 6.92 Å². The fourth-order valence-electron chi connectivity index (χ4n) is 1.38. The predicted octanol–water partition coefficient (Wildman–Crippen LogP) is 2.80. The summed E-state index contributed by atoms with van der Waals surface area (Å²) in [5, 5.41) is 9.85. The van der Waals surface area contributed by atoms with Gasteiger partial charge in [0.2, 0.25) is 5.91 Å². The van der Waals surface area contributed by atoms with Crippen LogP contribution in [0.4, 0.5) is 5.69 Å². The number of halogens is 2. The second-order valence-corrected chi connectivity index (χ2v) is 5.15. The minimum absolute atomic E-state index is 0.115. The van der Waals surface area contributed by atoms with Crippen LogP contribution in [-0.4, -0.2) is 23.6 Å². The molecule has 1 amide bonds. The molecule has 0 aliphatic carbocycles. The molecule has 19 heavy (non-hydrogen) atoms. The first-order valence-corrected chi connectivity index (χ1v) is 6.90. The fraction of sp³-hybridized carbons (Fsp3) is 0.333. The molecule has 0 aromatic heterocycles. The summed E-state index contributed by atoms with van der Waals surface area (Å²) in [6.07, 6.45) is 0. The molecule has 0 radical (unpaired) electrons. The third kappa shape index (κ3) is 5.63. The Hall–Kier alpha value is -1.04. The van der Waals surface area contributed by atoms with Crippen LogP contribution in [0.5, 0.6) is 0 Å². The number of thiocarbonyl (C=S) groups is 1. The number of nitrogens with one attached hydrogen (secondary N) is 3. The lowest BCUT2D eigenvalue weighted by Crippen LogP contribution is -2.46. The number of benzene rings is 1. The van der Waals surface area contributed by atoms with E-state index in [2.05, 4.69) is 16.0 Å². The molecule has 0 saturated carbocycles. The van der Waals surface area contributed by atoms with Gasteiger partial charge in [-0.3, -0.25) is 4.79 Å². The van der Waals surface area contributed by atoms with Crippen LogP contribution in [0.1, 0.15) is 13.8 Å². The first-order chi connectivity index (χ1) is 8.92. The number of amides is 1. The molecule has 7 heteroatoms. The molecule has 0 saturated heterocycles. The molecule has 104 valence electrons. The van der Waals surface area contributed by atoms with Crippen molar-refractivity contribution in [1.29, 1.82) is 0 Å². The molecule has 0 unspecified atom stereocenters. The number of carbonyl (C=O) groups is 1. The molecule has 1 aromatic rings. The van der Waals surface area contributed by atoms with Crippen LogP contribution in [-0.2, 0) is 4.79 Å². The SMILES string of the molecule is CCNC(=O)[C@H](C)NC(=S)Nc1cc(Cl)cc(Cl)c1. The van der Waals surface area contributed by atoms with Crippen LogP contribution in [0.15, 0.2) is 18.2 Å². The first kappa shape index (κ1) is 16.0. The Morgan fingerprint density at radius 3 is 2.42 bits per heavy atom. The van der Waals surface area contributed by atoms with Crippen molar-refractivity contribution in [1.82, 2.24) is 10.6 Å². The van der Waals surface area contributed by atoms with Crippen molar-refractivity contribution < 1.29 is 4.79 Å². The molecular formula is C12H15Cl2N3OS. The molecule has 0 spiro atoms. The highest BCUT2D eigenvalue weighted by molar-refractivity contribution is 7.80. The molecule has 0 bridgehead atoms. The van der Waals surface area contributed by atoms with Crippen molar-refractivity contribution in [2.75, 3.05) is 11.9 Å². The molecule has 3 N–H and O–H groups in total. The molecule has 0 heterocycles. The van der Waals surface area contributed by atoms with Gasteiger partial charge < -0.3 is 16.0 Å². The summed E-state index contributed by atoms with van der Waals surface area (Å²) < 4.78 is 0. The highest BCUT2D eigenvalue weighted by atomic mass is 35.5. The van der Waals surface area contributed by atoms with Gasteiger partial charge in [0.15, 0.2) is 5.11 Å². The van der Waals surface area contributed by atoms with Crippen molar-refractivity contribution >= 4 is 52.1 Å². The Morgan fingerprint density at radius 1 is 1.32 bits per heavy atom. The molecular weight excluding hydrogens is 305 g/mol. The smallest absolute Gasteiger partial charge is 0.242 e. The van der Waals surface area contributed by atoms with Gasteiger partial charge in [-0.15, -0.1) is 0 Å². The lowest BCUT2D eigenvalue weighted by Gasteiger charge is -2.16. The van der Waals surface area contributed by atoms with Crippen LogP contribution in [0, 0.1) is 0 Å². The lowest BCUT2D eigenvalue weighted by molar-refractivity contribution is -0.122. The molecule has 4 nitrogen and oxygen atoms in total. The van der Waals surface area contributed by atoms with Crippen LogP contribution < -0.4 is 16.0 Å². The van der Waals surface area contributed by atoms with Gasteiger partial charge >= 0.3 is 0 Å². The number of hydrogen-bond acceptors (Lipinski definition) is 2. The number of hydrogen-bond donors (Lipinski definition) is 3. The molecule has 1 atom stereocenters. The summed E-state index contributed by atoms with van der Waals surface area (Å²) >= 11 is 16.9. The van der Waals surface area contributed by atoms with Gasteiger partial charge in [-0.25, -0.2) is 0 Å². The number of rotatable bonds is 4. The first-order valence-electron chi connectivity index (χ1n) is 5.73. The molecule has 0 aliphatic rings. The fourth-order valence-corrected chi connectivity index (χ4v) is 2.20. The number of likely N-dealkylation sites (N-methyl/N-ethyl adjacent to an activating group) is 1. The largest absolute Gasteiger partial charge is 0.355 e. The van der Waals surface area contributed by atoms with E-state index in [0.29, 0.717) is 27.4 Å². The predicted molar refractivity (Wildman–Crippen MR) is 84.0 cm³/mol. The Kier molecular flexibility index (Phi) is 6.34. The maximum atomic E-state index is 11.5. The van der Waals surface area contributed by atoms with E-state index in [4.69, 9.17) is 35.4 Å². The minimum Gasteiger partial charge on any atom is -0.355 e. The van der Waals surface area contributed by atoms with Gasteiger partial charge in [-0.05, 0) is 44.3 Å². The summed E-state index contributed by atoms with van der Waals surface area (Å²) in [6.45, 7) is 4.16. The third-order valence-electron chi connectivity index (χ3n) is 2.21. The second kappa shape index (κ2) is 7.53. The summed E-state index contributed by atoms with van der Waals surface area (Å²) in [6, 6.07) is 4.59. The summed E-state index contributed by atoms with van der Waals surface area (Å²) in [7, 11) is 0. The van der Waals surface area contributed by atoms with Crippen LogP contribution >= 0.6 is 35.4 Å². The third-order valence-corrected chi connectivity index (χ3v) is 2.87. The van der Waals surface area contributed by atoms with Crippen molar-refractivity contribution in [2.24, 2.45) is 0 Å². The Bertz CT molecular complexity index is 462. The average molecular weight is 320 g/mol. The summed E-state index contributed by atoms with van der Waals surface area (Å²) in [5.41, 5.74) is 0.665. The van der Waals surface area contributed by atoms with Crippen LogP contribution in [0.2, 0.25) is 10.0 Å². The van der Waals surface area contributed by atoms with Gasteiger partial charge in [0, 0.05) is 22.3 Å². The van der Waals surface area contributed by atoms with E-state index in [1.54, 1.807) is 25.1 Å². The molecule has 0 aliphatic heterocycles. The van der Waals surface area contributed by atoms with Gasteiger partial charge in [-0.2, -0.15) is 0 Å². The van der Waals surface area contributed by atoms with Gasteiger partial charge in [0.1, 0.15) is 6.04 Å². The van der Waals surface area contributed by atoms with E-state index in [9.17, 15) is 4.79 Å². The summed E-state index contributed by atoms with van der Waals surface area (Å²) in [4.78, 5) is 11.5. The standard InChI is InChI=1S/C12H15Cl2N3OS/c1-3-15-11(18)7(2)16-12(19)17-10-5-8(13)4-9(14)6-10/h4-7H,3H2,1-2H3,(H,15,18)(H2,16,17,19)/t7-/m0/s1. The molecule has 1 rings (SSSR count). The van der Waals surface area contributed by atoms with Crippen LogP contribution in [0.25, 0.3) is 0 Å². The van der Waals surface area contributed by atoms with Crippen LogP contribution in [0.3, 0.4) is 0 Å². The Labute approximate surface area is 127 Å². The zero-order valence-electron chi connectivity index (χ0n) is 10.6. The zero-order valence-corrected chi connectivity index (χ0v) is 12.9. The average Bonchev–Trinajstić information content (AvgIpc) is 2.27. The van der Waals surface area contributed by atoms with E-state index >= 15 is 0 Å². The highest BCUT2D eigenvalue weighted by Crippen LogP contribution is 2.22. The van der Waals surface area contributed by atoms with E-state index < -0.39 is 6.04 Å². The van der Waals surface area contributed by atoms with Crippen molar-refractivity contribution in [3.8, 4) is 0 Å².